The summed E-state index contributed by atoms with van der Waals surface area (Å²) < 4.78 is 11.0. The van der Waals surface area contributed by atoms with Gasteiger partial charge in [-0.15, -0.1) is 12.4 Å². The van der Waals surface area contributed by atoms with E-state index in [9.17, 15) is 4.79 Å². The molecule has 146 valence electrons. The topological polar surface area (TPSA) is 50.8 Å². The van der Waals surface area contributed by atoms with Crippen molar-refractivity contribution in [3.63, 3.8) is 0 Å². The Balaban J connectivity index is 0.00000261. The number of hydrogen-bond donors (Lipinski definition) is 1. The van der Waals surface area contributed by atoms with E-state index in [1.165, 1.54) is 0 Å². The van der Waals surface area contributed by atoms with Crippen LogP contribution in [0.15, 0.2) is 48.5 Å². The maximum atomic E-state index is 13.0. The highest BCUT2D eigenvalue weighted by molar-refractivity contribution is 5.85. The summed E-state index contributed by atoms with van der Waals surface area (Å²) in [7, 11) is 1.67. The Morgan fingerprint density at radius 3 is 2.63 bits per heavy atom. The molecule has 1 aliphatic rings. The highest BCUT2D eigenvalue weighted by Crippen LogP contribution is 2.30. The van der Waals surface area contributed by atoms with Crippen LogP contribution < -0.4 is 14.8 Å². The molecule has 0 saturated carbocycles. The van der Waals surface area contributed by atoms with E-state index >= 15 is 0 Å². The van der Waals surface area contributed by atoms with Gasteiger partial charge in [0.25, 0.3) is 0 Å². The molecule has 1 N–H and O–H groups in total. The van der Waals surface area contributed by atoms with Gasteiger partial charge in [-0.05, 0) is 30.7 Å². The van der Waals surface area contributed by atoms with Crippen LogP contribution >= 0.6 is 12.4 Å². The zero-order chi connectivity index (χ0) is 18.4. The van der Waals surface area contributed by atoms with Gasteiger partial charge in [0.1, 0.15) is 11.5 Å². The molecule has 1 fully saturated rings. The molecule has 1 atom stereocenters. The number of piperazine rings is 1. The number of para-hydroxylation sites is 1. The third-order valence-corrected chi connectivity index (χ3v) is 4.65. The Bertz CT molecular complexity index is 736. The molecule has 0 aliphatic carbocycles. The molecule has 1 heterocycles. The first kappa shape index (κ1) is 21.1. The monoisotopic (exact) mass is 390 g/mol. The van der Waals surface area contributed by atoms with E-state index in [4.69, 9.17) is 9.47 Å². The number of methoxy groups -OCH3 is 1. The molecule has 2 aromatic carbocycles. The molecule has 3 rings (SSSR count). The van der Waals surface area contributed by atoms with Gasteiger partial charge in [0.2, 0.25) is 5.91 Å². The van der Waals surface area contributed by atoms with Gasteiger partial charge in [-0.2, -0.15) is 0 Å². The van der Waals surface area contributed by atoms with E-state index in [0.29, 0.717) is 19.6 Å². The Morgan fingerprint density at radius 1 is 1.19 bits per heavy atom. The van der Waals surface area contributed by atoms with Gasteiger partial charge >= 0.3 is 0 Å². The van der Waals surface area contributed by atoms with E-state index in [1.54, 1.807) is 7.11 Å². The fourth-order valence-electron chi connectivity index (χ4n) is 3.37. The number of nitrogens with one attached hydrogen (secondary N) is 1. The number of carbonyl (C=O) groups is 1. The number of amides is 1. The van der Waals surface area contributed by atoms with E-state index in [-0.39, 0.29) is 24.4 Å². The van der Waals surface area contributed by atoms with Crippen molar-refractivity contribution in [2.24, 2.45) is 0 Å². The standard InChI is InChI=1S/C21H26N2O3.ClH/c1-3-26-17-10-8-16(9-11-17)14-21(24)23-13-12-22-15-19(23)18-6-4-5-7-20(18)25-2;/h4-11,19,22H,3,12-15H2,1-2H3;1H. The van der Waals surface area contributed by atoms with Crippen LogP contribution in [0.5, 0.6) is 11.5 Å². The summed E-state index contributed by atoms with van der Waals surface area (Å²) in [6.07, 6.45) is 0.387. The first-order valence-corrected chi connectivity index (χ1v) is 9.07. The number of nitrogens with zero attached hydrogens (tertiary/aromatic N) is 1. The van der Waals surface area contributed by atoms with Crippen molar-refractivity contribution in [1.82, 2.24) is 10.2 Å². The lowest BCUT2D eigenvalue weighted by Gasteiger charge is -2.37. The number of rotatable bonds is 6. The summed E-state index contributed by atoms with van der Waals surface area (Å²) in [4.78, 5) is 15.0. The quantitative estimate of drug-likeness (QED) is 0.822. The molecule has 2 aromatic rings. The zero-order valence-electron chi connectivity index (χ0n) is 15.8. The van der Waals surface area contributed by atoms with Crippen LogP contribution in [0.1, 0.15) is 24.1 Å². The summed E-state index contributed by atoms with van der Waals surface area (Å²) in [5.74, 6) is 1.78. The fraction of sp³-hybridized carbons (Fsp3) is 0.381. The van der Waals surface area contributed by atoms with Crippen LogP contribution in [-0.2, 0) is 11.2 Å². The van der Waals surface area contributed by atoms with Gasteiger partial charge in [0.15, 0.2) is 0 Å². The van der Waals surface area contributed by atoms with Crippen molar-refractivity contribution in [2.45, 2.75) is 19.4 Å². The summed E-state index contributed by atoms with van der Waals surface area (Å²) in [5, 5.41) is 3.39. The molecular formula is C21H27ClN2O3. The minimum atomic E-state index is -0.0184. The number of carbonyl (C=O) groups excluding carboxylic acids is 1. The predicted molar refractivity (Wildman–Crippen MR) is 109 cm³/mol. The molecule has 1 aliphatic heterocycles. The van der Waals surface area contributed by atoms with E-state index in [2.05, 4.69) is 5.32 Å². The van der Waals surface area contributed by atoms with Gasteiger partial charge in [-0.3, -0.25) is 4.79 Å². The van der Waals surface area contributed by atoms with Gasteiger partial charge < -0.3 is 19.7 Å². The molecule has 0 radical (unpaired) electrons. The van der Waals surface area contributed by atoms with Crippen molar-refractivity contribution in [2.75, 3.05) is 33.4 Å². The molecule has 0 spiro atoms. The Kier molecular flexibility index (Phi) is 7.95. The van der Waals surface area contributed by atoms with Crippen LogP contribution in [-0.4, -0.2) is 44.2 Å². The average molecular weight is 391 g/mol. The zero-order valence-corrected chi connectivity index (χ0v) is 16.6. The van der Waals surface area contributed by atoms with Crippen LogP contribution in [0.4, 0.5) is 0 Å². The van der Waals surface area contributed by atoms with Crippen LogP contribution in [0.2, 0.25) is 0 Å². The van der Waals surface area contributed by atoms with Gasteiger partial charge in [-0.25, -0.2) is 0 Å². The van der Waals surface area contributed by atoms with E-state index in [0.717, 1.165) is 35.7 Å². The van der Waals surface area contributed by atoms with Gasteiger partial charge in [0.05, 0.1) is 26.2 Å². The largest absolute Gasteiger partial charge is 0.496 e. The highest BCUT2D eigenvalue weighted by atomic mass is 35.5. The second-order valence-electron chi connectivity index (χ2n) is 6.30. The molecule has 1 unspecified atom stereocenters. The van der Waals surface area contributed by atoms with E-state index < -0.39 is 0 Å². The number of hydrogen-bond acceptors (Lipinski definition) is 4. The highest BCUT2D eigenvalue weighted by Gasteiger charge is 2.29. The molecule has 1 amide bonds. The summed E-state index contributed by atoms with van der Waals surface area (Å²) in [5.41, 5.74) is 2.04. The normalized spacial score (nSPS) is 16.4. The van der Waals surface area contributed by atoms with Crippen molar-refractivity contribution in [3.05, 3.63) is 59.7 Å². The fourth-order valence-corrected chi connectivity index (χ4v) is 3.37. The Morgan fingerprint density at radius 2 is 1.93 bits per heavy atom. The summed E-state index contributed by atoms with van der Waals surface area (Å²) in [6, 6.07) is 15.7. The molecule has 27 heavy (non-hydrogen) atoms. The summed E-state index contributed by atoms with van der Waals surface area (Å²) in [6.45, 7) is 4.83. The first-order chi connectivity index (χ1) is 12.7. The third kappa shape index (κ3) is 5.15. The smallest absolute Gasteiger partial charge is 0.227 e. The maximum absolute atomic E-state index is 13.0. The first-order valence-electron chi connectivity index (χ1n) is 9.07. The van der Waals surface area contributed by atoms with E-state index in [1.807, 2.05) is 60.4 Å². The van der Waals surface area contributed by atoms with Crippen molar-refractivity contribution >= 4 is 18.3 Å². The molecule has 0 bridgehead atoms. The van der Waals surface area contributed by atoms with Crippen molar-refractivity contribution in [3.8, 4) is 11.5 Å². The number of halogens is 1. The van der Waals surface area contributed by atoms with Crippen molar-refractivity contribution < 1.29 is 14.3 Å². The second-order valence-corrected chi connectivity index (χ2v) is 6.30. The summed E-state index contributed by atoms with van der Waals surface area (Å²) >= 11 is 0. The Labute approximate surface area is 167 Å². The molecule has 6 heteroatoms. The van der Waals surface area contributed by atoms with Gasteiger partial charge in [0, 0.05) is 25.2 Å². The molecule has 0 aromatic heterocycles. The second kappa shape index (κ2) is 10.2. The van der Waals surface area contributed by atoms with Gasteiger partial charge in [-0.1, -0.05) is 30.3 Å². The lowest BCUT2D eigenvalue weighted by Crippen LogP contribution is -2.49. The number of benzene rings is 2. The lowest BCUT2D eigenvalue weighted by molar-refractivity contribution is -0.133. The minimum Gasteiger partial charge on any atom is -0.496 e. The van der Waals surface area contributed by atoms with Crippen molar-refractivity contribution in [1.29, 1.82) is 0 Å². The molecular weight excluding hydrogens is 364 g/mol. The number of ether oxygens (including phenoxy) is 2. The van der Waals surface area contributed by atoms with Crippen LogP contribution in [0.25, 0.3) is 0 Å². The van der Waals surface area contributed by atoms with Crippen LogP contribution in [0, 0.1) is 0 Å². The minimum absolute atomic E-state index is 0. The van der Waals surface area contributed by atoms with Crippen LogP contribution in [0.3, 0.4) is 0 Å². The Hall–Kier alpha value is -2.24. The SMILES string of the molecule is CCOc1ccc(CC(=O)N2CCNCC2c2ccccc2OC)cc1.Cl. The average Bonchev–Trinajstić information content (AvgIpc) is 2.69. The molecule has 1 saturated heterocycles. The predicted octanol–water partition coefficient (Wildman–Crippen LogP) is 3.23. The third-order valence-electron chi connectivity index (χ3n) is 4.65. The molecule has 5 nitrogen and oxygen atoms in total. The maximum Gasteiger partial charge on any atom is 0.227 e. The lowest BCUT2D eigenvalue weighted by atomic mass is 10.0.